The maximum atomic E-state index is 13.3. The molecular formula is C17H23N3O5S3. The van der Waals surface area contributed by atoms with Crippen molar-refractivity contribution in [3.63, 3.8) is 0 Å². The maximum absolute atomic E-state index is 13.3. The lowest BCUT2D eigenvalue weighted by atomic mass is 10.1. The normalized spacial score (nSPS) is 18.9. The van der Waals surface area contributed by atoms with Crippen LogP contribution in [0, 0.1) is 5.92 Å². The second-order valence-corrected chi connectivity index (χ2v) is 11.6. The van der Waals surface area contributed by atoms with Crippen LogP contribution < -0.4 is 19.5 Å². The highest BCUT2D eigenvalue weighted by Crippen LogP contribution is 2.42. The number of methoxy groups -OCH3 is 1. The summed E-state index contributed by atoms with van der Waals surface area (Å²) in [6.45, 7) is 4.87. The quantitative estimate of drug-likeness (QED) is 0.701. The maximum Gasteiger partial charge on any atom is 0.265 e. The Kier molecular flexibility index (Phi) is 5.74. The fourth-order valence-corrected chi connectivity index (χ4v) is 7.06. The highest BCUT2D eigenvalue weighted by molar-refractivity contribution is 7.93. The first-order valence-corrected chi connectivity index (χ1v) is 12.4. The van der Waals surface area contributed by atoms with Crippen LogP contribution in [-0.2, 0) is 20.0 Å². The molecule has 2 heterocycles. The monoisotopic (exact) mass is 445 g/mol. The average Bonchev–Trinajstić information content (AvgIpc) is 3.08. The Morgan fingerprint density at radius 1 is 1.36 bits per heavy atom. The molecule has 3 rings (SSSR count). The van der Waals surface area contributed by atoms with Crippen molar-refractivity contribution in [2.45, 2.75) is 29.0 Å². The van der Waals surface area contributed by atoms with E-state index in [1.54, 1.807) is 24.3 Å². The first-order valence-electron chi connectivity index (χ1n) is 8.60. The van der Waals surface area contributed by atoms with Crippen LogP contribution in [0.4, 0.5) is 5.69 Å². The summed E-state index contributed by atoms with van der Waals surface area (Å²) in [5.41, 5.74) is 0.449. The van der Waals surface area contributed by atoms with Gasteiger partial charge >= 0.3 is 0 Å². The summed E-state index contributed by atoms with van der Waals surface area (Å²) in [6, 6.07) is 7.55. The van der Waals surface area contributed by atoms with Gasteiger partial charge in [-0.25, -0.2) is 22.0 Å². The van der Waals surface area contributed by atoms with Gasteiger partial charge in [-0.2, -0.15) is 0 Å². The van der Waals surface area contributed by atoms with E-state index >= 15 is 0 Å². The molecule has 2 aromatic rings. The van der Waals surface area contributed by atoms with E-state index in [0.717, 1.165) is 17.4 Å². The molecule has 154 valence electrons. The Morgan fingerprint density at radius 2 is 2.07 bits per heavy atom. The predicted molar refractivity (Wildman–Crippen MR) is 109 cm³/mol. The van der Waals surface area contributed by atoms with Gasteiger partial charge < -0.3 is 10.1 Å². The van der Waals surface area contributed by atoms with Crippen molar-refractivity contribution in [3.05, 3.63) is 35.2 Å². The zero-order valence-corrected chi connectivity index (χ0v) is 18.2. The number of hydrogen-bond donors (Lipinski definition) is 2. The number of nitrogens with two attached hydrogens (primary N) is 1. The molecule has 0 saturated carbocycles. The third kappa shape index (κ3) is 4.03. The van der Waals surface area contributed by atoms with Gasteiger partial charge in [0.1, 0.15) is 14.9 Å². The second-order valence-electron chi connectivity index (χ2n) is 6.93. The number of anilines is 1. The van der Waals surface area contributed by atoms with Crippen molar-refractivity contribution in [1.29, 1.82) is 0 Å². The minimum absolute atomic E-state index is 0.0307. The molecule has 3 N–H and O–H groups in total. The van der Waals surface area contributed by atoms with Crippen LogP contribution in [0.2, 0.25) is 0 Å². The van der Waals surface area contributed by atoms with Gasteiger partial charge in [0.25, 0.3) is 10.0 Å². The van der Waals surface area contributed by atoms with Crippen molar-refractivity contribution >= 4 is 37.1 Å². The molecule has 0 amide bonds. The summed E-state index contributed by atoms with van der Waals surface area (Å²) in [4.78, 5) is 0.431. The largest absolute Gasteiger partial charge is 0.497 e. The molecule has 0 spiro atoms. The zero-order valence-electron chi connectivity index (χ0n) is 15.7. The van der Waals surface area contributed by atoms with Crippen molar-refractivity contribution in [2.75, 3.05) is 24.5 Å². The minimum atomic E-state index is -4.01. The number of nitrogens with one attached hydrogen (secondary N) is 1. The number of primary sulfonamides is 1. The van der Waals surface area contributed by atoms with Crippen LogP contribution in [0.3, 0.4) is 0 Å². The Balaban J connectivity index is 2.13. The number of sulfonamides is 2. The smallest absolute Gasteiger partial charge is 0.265 e. The fourth-order valence-electron chi connectivity index (χ4n) is 2.96. The number of hydrogen-bond acceptors (Lipinski definition) is 7. The molecular weight excluding hydrogens is 422 g/mol. The fraction of sp³-hybridized carbons (Fsp3) is 0.412. The Bertz CT molecular complexity index is 1080. The third-order valence-electron chi connectivity index (χ3n) is 4.33. The molecule has 0 radical (unpaired) electrons. The standard InChI is InChI=1S/C17H23N3O5S3/c1-11(2)9-19-14-10-20(12-5-4-6-13(7-12)25-3)28(23,24)15-8-16(26-17(14)15)27(18,21)22/h4-8,11,14,19H,9-10H2,1-3H3,(H2,18,21,22)/t14-/m1/s1. The lowest BCUT2D eigenvalue weighted by Crippen LogP contribution is -2.44. The van der Waals surface area contributed by atoms with Gasteiger partial charge in [0.15, 0.2) is 0 Å². The summed E-state index contributed by atoms with van der Waals surface area (Å²) in [5, 5.41) is 8.59. The van der Waals surface area contributed by atoms with E-state index in [4.69, 9.17) is 9.88 Å². The van der Waals surface area contributed by atoms with Gasteiger partial charge in [0.2, 0.25) is 10.0 Å². The van der Waals surface area contributed by atoms with E-state index in [2.05, 4.69) is 5.32 Å². The van der Waals surface area contributed by atoms with Crippen molar-refractivity contribution < 1.29 is 21.6 Å². The first kappa shape index (κ1) is 21.1. The molecule has 0 saturated heterocycles. The lowest BCUT2D eigenvalue weighted by molar-refractivity contribution is 0.414. The molecule has 0 unspecified atom stereocenters. The number of ether oxygens (including phenoxy) is 1. The molecule has 0 aliphatic carbocycles. The zero-order chi connectivity index (χ0) is 20.7. The molecule has 1 atom stereocenters. The molecule has 1 aromatic heterocycles. The van der Waals surface area contributed by atoms with Gasteiger partial charge in [-0.3, -0.25) is 4.31 Å². The van der Waals surface area contributed by atoms with E-state index in [1.165, 1.54) is 11.4 Å². The van der Waals surface area contributed by atoms with Crippen LogP contribution >= 0.6 is 11.3 Å². The molecule has 1 aromatic carbocycles. The second kappa shape index (κ2) is 7.64. The van der Waals surface area contributed by atoms with Crippen molar-refractivity contribution in [2.24, 2.45) is 11.1 Å². The van der Waals surface area contributed by atoms with Crippen molar-refractivity contribution in [3.8, 4) is 5.75 Å². The van der Waals surface area contributed by atoms with E-state index < -0.39 is 20.0 Å². The molecule has 8 nitrogen and oxygen atoms in total. The van der Waals surface area contributed by atoms with Crippen LogP contribution in [-0.4, -0.2) is 37.0 Å². The van der Waals surface area contributed by atoms with Crippen LogP contribution in [0.5, 0.6) is 5.75 Å². The lowest BCUT2D eigenvalue weighted by Gasteiger charge is -2.34. The highest BCUT2D eigenvalue weighted by atomic mass is 32.2. The molecule has 28 heavy (non-hydrogen) atoms. The number of fused-ring (bicyclic) bond motifs is 1. The molecule has 1 aliphatic rings. The highest BCUT2D eigenvalue weighted by Gasteiger charge is 2.40. The van der Waals surface area contributed by atoms with Gasteiger partial charge in [-0.1, -0.05) is 19.9 Å². The molecule has 1 aliphatic heterocycles. The molecule has 11 heteroatoms. The van der Waals surface area contributed by atoms with Crippen molar-refractivity contribution in [1.82, 2.24) is 5.32 Å². The Morgan fingerprint density at radius 3 is 2.68 bits per heavy atom. The van der Waals surface area contributed by atoms with Crippen LogP contribution in [0.15, 0.2) is 39.4 Å². The first-order chi connectivity index (χ1) is 13.0. The number of rotatable bonds is 6. The minimum Gasteiger partial charge on any atom is -0.497 e. The van der Waals surface area contributed by atoms with Gasteiger partial charge in [-0.05, 0) is 30.7 Å². The van der Waals surface area contributed by atoms with E-state index in [0.29, 0.717) is 28.8 Å². The average molecular weight is 446 g/mol. The summed E-state index contributed by atoms with van der Waals surface area (Å²) in [5.74, 6) is 0.866. The third-order valence-corrected chi connectivity index (χ3v) is 8.96. The topological polar surface area (TPSA) is 119 Å². The molecule has 0 fully saturated rings. The summed E-state index contributed by atoms with van der Waals surface area (Å²) < 4.78 is 56.5. The summed E-state index contributed by atoms with van der Waals surface area (Å²) in [6.07, 6.45) is 0. The number of benzene rings is 1. The number of nitrogens with zero attached hydrogens (tertiary/aromatic N) is 1. The van der Waals surface area contributed by atoms with E-state index in [1.807, 2.05) is 13.8 Å². The summed E-state index contributed by atoms with van der Waals surface area (Å²) >= 11 is 0.903. The van der Waals surface area contributed by atoms with Gasteiger partial charge in [0, 0.05) is 10.9 Å². The van der Waals surface area contributed by atoms with Crippen LogP contribution in [0.25, 0.3) is 0 Å². The van der Waals surface area contributed by atoms with Gasteiger partial charge in [-0.15, -0.1) is 11.3 Å². The number of thiophene rings is 1. The Labute approximate surface area is 169 Å². The van der Waals surface area contributed by atoms with E-state index in [9.17, 15) is 16.8 Å². The summed E-state index contributed by atoms with van der Waals surface area (Å²) in [7, 11) is -6.44. The van der Waals surface area contributed by atoms with E-state index in [-0.39, 0.29) is 21.7 Å². The Hall–Kier alpha value is -1.66. The SMILES string of the molecule is COc1cccc(N2C[C@@H](NCC(C)C)c3sc(S(N)(=O)=O)cc3S2(=O)=O)c1. The predicted octanol–water partition coefficient (Wildman–Crippen LogP) is 1.90. The van der Waals surface area contributed by atoms with Crippen LogP contribution in [0.1, 0.15) is 24.8 Å². The molecule has 0 bridgehead atoms. The van der Waals surface area contributed by atoms with Gasteiger partial charge in [0.05, 0.1) is 25.4 Å².